The summed E-state index contributed by atoms with van der Waals surface area (Å²) in [7, 11) is 0. The van der Waals surface area contributed by atoms with Crippen LogP contribution in [0.1, 0.15) is 46.0 Å². The van der Waals surface area contributed by atoms with E-state index in [-0.39, 0.29) is 0 Å². The first-order valence-electron chi connectivity index (χ1n) is 8.86. The van der Waals surface area contributed by atoms with Gasteiger partial charge in [0.2, 0.25) is 0 Å². The quantitative estimate of drug-likeness (QED) is 0.612. The number of anilines is 1. The van der Waals surface area contributed by atoms with E-state index in [4.69, 9.17) is 4.74 Å². The molecule has 0 radical (unpaired) electrons. The number of hydrogen-bond donors (Lipinski definition) is 1. The number of para-hydroxylation sites is 1. The average molecular weight is 315 g/mol. The monoisotopic (exact) mass is 315 g/mol. The van der Waals surface area contributed by atoms with E-state index in [1.807, 2.05) is 24.3 Å². The summed E-state index contributed by atoms with van der Waals surface area (Å²) in [6.07, 6.45) is 7.68. The highest BCUT2D eigenvalue weighted by Gasteiger charge is 2.06. The standard InChI is InChI=1S/C19H29N3O/c1-3-5-9-16(4-2)14-23-13-8-12-20-19-17-10-6-7-11-18(17)21-15-22-19/h6-7,10-11,15-16H,3-5,8-9,12-14H2,1-2H3,(H,20,21,22). The van der Waals surface area contributed by atoms with Crippen molar-refractivity contribution in [2.45, 2.75) is 46.0 Å². The van der Waals surface area contributed by atoms with E-state index >= 15 is 0 Å². The van der Waals surface area contributed by atoms with E-state index in [2.05, 4.69) is 29.1 Å². The van der Waals surface area contributed by atoms with E-state index in [0.29, 0.717) is 5.92 Å². The lowest BCUT2D eigenvalue weighted by Gasteiger charge is -2.14. The highest BCUT2D eigenvalue weighted by Crippen LogP contribution is 2.18. The Bertz CT molecular complexity index is 568. The zero-order valence-corrected chi connectivity index (χ0v) is 14.4. The zero-order valence-electron chi connectivity index (χ0n) is 14.4. The fourth-order valence-corrected chi connectivity index (χ4v) is 2.67. The second-order valence-electron chi connectivity index (χ2n) is 6.01. The van der Waals surface area contributed by atoms with Crippen LogP contribution in [0.3, 0.4) is 0 Å². The van der Waals surface area contributed by atoms with Crippen molar-refractivity contribution in [1.82, 2.24) is 9.97 Å². The summed E-state index contributed by atoms with van der Waals surface area (Å²) in [5.74, 6) is 1.62. The molecule has 0 saturated carbocycles. The molecule has 1 heterocycles. The third kappa shape index (κ3) is 5.79. The summed E-state index contributed by atoms with van der Waals surface area (Å²) in [5, 5.41) is 4.46. The summed E-state index contributed by atoms with van der Waals surface area (Å²) in [5.41, 5.74) is 0.975. The van der Waals surface area contributed by atoms with Gasteiger partial charge in [-0.3, -0.25) is 0 Å². The minimum Gasteiger partial charge on any atom is -0.381 e. The lowest BCUT2D eigenvalue weighted by Crippen LogP contribution is -2.12. The Morgan fingerprint density at radius 2 is 2.00 bits per heavy atom. The van der Waals surface area contributed by atoms with Gasteiger partial charge >= 0.3 is 0 Å². The lowest BCUT2D eigenvalue weighted by atomic mass is 10.0. The number of ether oxygens (including phenoxy) is 1. The van der Waals surface area contributed by atoms with Crippen molar-refractivity contribution in [3.8, 4) is 0 Å². The zero-order chi connectivity index (χ0) is 16.3. The minimum absolute atomic E-state index is 0.716. The van der Waals surface area contributed by atoms with Gasteiger partial charge in [-0.2, -0.15) is 0 Å². The van der Waals surface area contributed by atoms with Crippen LogP contribution in [-0.4, -0.2) is 29.7 Å². The van der Waals surface area contributed by atoms with Gasteiger partial charge < -0.3 is 10.1 Å². The molecule has 23 heavy (non-hydrogen) atoms. The number of aromatic nitrogens is 2. The molecular formula is C19H29N3O. The van der Waals surface area contributed by atoms with Crippen molar-refractivity contribution in [2.24, 2.45) is 5.92 Å². The van der Waals surface area contributed by atoms with E-state index in [1.54, 1.807) is 6.33 Å². The Balaban J connectivity index is 1.67. The summed E-state index contributed by atoms with van der Waals surface area (Å²) in [6, 6.07) is 8.07. The third-order valence-electron chi connectivity index (χ3n) is 4.20. The molecule has 0 aliphatic heterocycles. The van der Waals surface area contributed by atoms with Crippen molar-refractivity contribution in [1.29, 1.82) is 0 Å². The lowest BCUT2D eigenvalue weighted by molar-refractivity contribution is 0.0937. The third-order valence-corrected chi connectivity index (χ3v) is 4.20. The second-order valence-corrected chi connectivity index (χ2v) is 6.01. The van der Waals surface area contributed by atoms with Crippen LogP contribution < -0.4 is 5.32 Å². The summed E-state index contributed by atoms with van der Waals surface area (Å²) >= 11 is 0. The van der Waals surface area contributed by atoms with Gasteiger partial charge in [0, 0.05) is 25.1 Å². The van der Waals surface area contributed by atoms with Gasteiger partial charge in [0.25, 0.3) is 0 Å². The van der Waals surface area contributed by atoms with Crippen molar-refractivity contribution in [3.05, 3.63) is 30.6 Å². The molecule has 1 N–H and O–H groups in total. The summed E-state index contributed by atoms with van der Waals surface area (Å²) < 4.78 is 5.84. The fourth-order valence-electron chi connectivity index (χ4n) is 2.67. The Morgan fingerprint density at radius 1 is 1.13 bits per heavy atom. The van der Waals surface area contributed by atoms with Gasteiger partial charge in [0.05, 0.1) is 5.52 Å². The maximum absolute atomic E-state index is 5.84. The van der Waals surface area contributed by atoms with Crippen molar-refractivity contribution in [2.75, 3.05) is 25.1 Å². The molecule has 0 aliphatic rings. The van der Waals surface area contributed by atoms with E-state index < -0.39 is 0 Å². The number of nitrogens with one attached hydrogen (secondary N) is 1. The largest absolute Gasteiger partial charge is 0.381 e. The van der Waals surface area contributed by atoms with Crippen LogP contribution in [0.5, 0.6) is 0 Å². The fraction of sp³-hybridized carbons (Fsp3) is 0.579. The maximum Gasteiger partial charge on any atom is 0.137 e. The van der Waals surface area contributed by atoms with E-state index in [0.717, 1.165) is 42.9 Å². The summed E-state index contributed by atoms with van der Waals surface area (Å²) in [4.78, 5) is 8.61. The van der Waals surface area contributed by atoms with Crippen molar-refractivity contribution < 1.29 is 4.74 Å². The molecular weight excluding hydrogens is 286 g/mol. The van der Waals surface area contributed by atoms with Crippen LogP contribution in [0.25, 0.3) is 10.9 Å². The SMILES string of the molecule is CCCCC(CC)COCCCNc1ncnc2ccccc12. The molecule has 0 fully saturated rings. The molecule has 0 bridgehead atoms. The predicted molar refractivity (Wildman–Crippen MR) is 96.8 cm³/mol. The molecule has 1 unspecified atom stereocenters. The molecule has 126 valence electrons. The molecule has 0 saturated heterocycles. The molecule has 1 atom stereocenters. The topological polar surface area (TPSA) is 47.0 Å². The number of rotatable bonds is 11. The molecule has 0 aliphatic carbocycles. The van der Waals surface area contributed by atoms with Crippen LogP contribution in [-0.2, 0) is 4.74 Å². The average Bonchev–Trinajstić information content (AvgIpc) is 2.60. The molecule has 4 nitrogen and oxygen atoms in total. The maximum atomic E-state index is 5.84. The Labute approximate surface area is 139 Å². The first kappa shape index (κ1) is 17.7. The molecule has 1 aromatic carbocycles. The normalized spacial score (nSPS) is 12.4. The van der Waals surface area contributed by atoms with Crippen molar-refractivity contribution in [3.63, 3.8) is 0 Å². The van der Waals surface area contributed by atoms with Crippen LogP contribution in [0.15, 0.2) is 30.6 Å². The van der Waals surface area contributed by atoms with Gasteiger partial charge in [0.15, 0.2) is 0 Å². The van der Waals surface area contributed by atoms with Gasteiger partial charge in [-0.15, -0.1) is 0 Å². The van der Waals surface area contributed by atoms with Gasteiger partial charge in [-0.1, -0.05) is 45.2 Å². The molecule has 2 aromatic rings. The Morgan fingerprint density at radius 3 is 2.83 bits per heavy atom. The van der Waals surface area contributed by atoms with Gasteiger partial charge in [0.1, 0.15) is 12.1 Å². The Kier molecular flexibility index (Phi) is 7.81. The van der Waals surface area contributed by atoms with Crippen LogP contribution >= 0.6 is 0 Å². The molecule has 2 rings (SSSR count). The molecule has 1 aromatic heterocycles. The van der Waals surface area contributed by atoms with Crippen LogP contribution in [0, 0.1) is 5.92 Å². The summed E-state index contributed by atoms with van der Waals surface area (Å²) in [6.45, 7) is 7.07. The van der Waals surface area contributed by atoms with Gasteiger partial charge in [-0.25, -0.2) is 9.97 Å². The molecule has 0 spiro atoms. The number of fused-ring (bicyclic) bond motifs is 1. The highest BCUT2D eigenvalue weighted by molar-refractivity contribution is 5.88. The molecule has 4 heteroatoms. The van der Waals surface area contributed by atoms with E-state index in [1.165, 1.54) is 25.7 Å². The van der Waals surface area contributed by atoms with E-state index in [9.17, 15) is 0 Å². The highest BCUT2D eigenvalue weighted by atomic mass is 16.5. The number of hydrogen-bond acceptors (Lipinski definition) is 4. The first-order valence-corrected chi connectivity index (χ1v) is 8.86. The Hall–Kier alpha value is -1.68. The molecule has 0 amide bonds. The minimum atomic E-state index is 0.716. The van der Waals surface area contributed by atoms with Crippen molar-refractivity contribution >= 4 is 16.7 Å². The van der Waals surface area contributed by atoms with Crippen LogP contribution in [0.2, 0.25) is 0 Å². The number of nitrogens with zero attached hydrogens (tertiary/aromatic N) is 2. The van der Waals surface area contributed by atoms with Crippen LogP contribution in [0.4, 0.5) is 5.82 Å². The smallest absolute Gasteiger partial charge is 0.137 e. The van der Waals surface area contributed by atoms with Gasteiger partial charge in [-0.05, 0) is 30.9 Å². The number of benzene rings is 1. The predicted octanol–water partition coefficient (Wildman–Crippen LogP) is 4.66. The number of unbranched alkanes of at least 4 members (excludes halogenated alkanes) is 1. The second kappa shape index (κ2) is 10.2. The first-order chi connectivity index (χ1) is 11.3.